The molecule has 0 fully saturated rings. The van der Waals surface area contributed by atoms with Crippen molar-refractivity contribution in [3.8, 4) is 0 Å². The zero-order chi connectivity index (χ0) is 17.6. The minimum atomic E-state index is -2.47. The van der Waals surface area contributed by atoms with Gasteiger partial charge < -0.3 is 18.7 Å². The fourth-order valence-corrected chi connectivity index (χ4v) is 15.1. The van der Waals surface area contributed by atoms with E-state index < -0.39 is 35.4 Å². The van der Waals surface area contributed by atoms with Gasteiger partial charge in [0.2, 0.25) is 0 Å². The third kappa shape index (κ3) is 5.97. The van der Waals surface area contributed by atoms with Crippen LogP contribution in [-0.4, -0.2) is 52.9 Å². The second-order valence-electron chi connectivity index (χ2n) is 7.12. The Morgan fingerprint density at radius 3 is 1.77 bits per heavy atom. The molecular weight excluding hydrogens is 343 g/mol. The predicted octanol–water partition coefficient (Wildman–Crippen LogP) is 2.53. The summed E-state index contributed by atoms with van der Waals surface area (Å²) in [5.74, 6) is 0. The lowest BCUT2D eigenvalue weighted by molar-refractivity contribution is 0.0651. The molecule has 0 saturated carbocycles. The number of rotatable bonds is 11. The van der Waals surface area contributed by atoms with Gasteiger partial charge in [0.15, 0.2) is 18.1 Å². The van der Waals surface area contributed by atoms with Crippen molar-refractivity contribution in [2.75, 3.05) is 6.54 Å². The Morgan fingerprint density at radius 1 is 1.00 bits per heavy atom. The van der Waals surface area contributed by atoms with Crippen LogP contribution in [0.15, 0.2) is 0 Å². The summed E-state index contributed by atoms with van der Waals surface area (Å²) in [5.41, 5.74) is 6.17. The molecule has 0 radical (unpaired) electrons. The van der Waals surface area contributed by atoms with E-state index in [4.69, 9.17) is 18.7 Å². The Morgan fingerprint density at radius 2 is 1.50 bits per heavy atom. The van der Waals surface area contributed by atoms with Crippen molar-refractivity contribution in [1.82, 2.24) is 0 Å². The molecule has 8 heteroatoms. The summed E-state index contributed by atoms with van der Waals surface area (Å²) in [6, 6.07) is 0. The lowest BCUT2D eigenvalue weighted by Crippen LogP contribution is -2.66. The van der Waals surface area contributed by atoms with Gasteiger partial charge in [-0.05, 0) is 45.6 Å². The maximum atomic E-state index is 6.69. The van der Waals surface area contributed by atoms with E-state index in [9.17, 15) is 0 Å². The highest BCUT2D eigenvalue weighted by atomic mass is 28.4. The molecule has 0 aliphatic rings. The van der Waals surface area contributed by atoms with Gasteiger partial charge in [0.25, 0.3) is 0 Å². The summed E-state index contributed by atoms with van der Waals surface area (Å²) < 4.78 is 19.9. The molecule has 0 aromatic rings. The lowest BCUT2D eigenvalue weighted by atomic mass is 10.2. The monoisotopic (exact) mass is 381 g/mol. The predicted molar refractivity (Wildman–Crippen MR) is 108 cm³/mol. The Kier molecular flexibility index (Phi) is 10.2. The molecule has 0 aliphatic carbocycles. The van der Waals surface area contributed by atoms with Crippen molar-refractivity contribution < 1.29 is 13.0 Å². The highest BCUT2D eigenvalue weighted by Crippen LogP contribution is 2.36. The first-order valence-electron chi connectivity index (χ1n) is 8.80. The minimum absolute atomic E-state index is 0.180. The molecule has 4 nitrogen and oxygen atoms in total. The molecular formula is C14H39NO3Si4. The third-order valence-electron chi connectivity index (χ3n) is 4.24. The van der Waals surface area contributed by atoms with E-state index >= 15 is 0 Å². The van der Waals surface area contributed by atoms with E-state index in [0.29, 0.717) is 6.54 Å². The molecule has 2 N–H and O–H groups in total. The van der Waals surface area contributed by atoms with Crippen molar-refractivity contribution >= 4 is 35.4 Å². The first-order chi connectivity index (χ1) is 10.1. The molecule has 0 saturated heterocycles. The molecule has 0 aromatic carbocycles. The van der Waals surface area contributed by atoms with E-state index in [1.54, 1.807) is 0 Å². The van der Waals surface area contributed by atoms with Gasteiger partial charge in [-0.2, -0.15) is 0 Å². The van der Waals surface area contributed by atoms with E-state index in [1.165, 1.54) is 0 Å². The van der Waals surface area contributed by atoms with Crippen molar-refractivity contribution in [3.05, 3.63) is 0 Å². The van der Waals surface area contributed by atoms with E-state index in [1.807, 2.05) is 0 Å². The molecule has 2 atom stereocenters. The van der Waals surface area contributed by atoms with Gasteiger partial charge in [-0.25, -0.2) is 0 Å². The normalized spacial score (nSPS) is 17.3. The molecule has 0 bridgehead atoms. The number of hydrogen-bond acceptors (Lipinski definition) is 4. The molecule has 2 unspecified atom stereocenters. The zero-order valence-electron chi connectivity index (χ0n) is 16.2. The largest absolute Gasteiger partial charge is 0.437 e. The van der Waals surface area contributed by atoms with E-state index in [2.05, 4.69) is 59.7 Å². The van der Waals surface area contributed by atoms with Crippen molar-refractivity contribution in [1.29, 1.82) is 0 Å². The standard InChI is InChI=1S/C14H39NO3Si4/c1-10-14(11-2,17-20(5)6)22(9,18-21(7)8)16-13(12-15)19(3)4/h13,19-21H,10-12,15H2,1-9H3. The lowest BCUT2D eigenvalue weighted by Gasteiger charge is -2.48. The Balaban J connectivity index is 5.69. The molecule has 0 heterocycles. The summed E-state index contributed by atoms with van der Waals surface area (Å²) in [5, 5.41) is -0.235. The van der Waals surface area contributed by atoms with E-state index in [0.717, 1.165) is 12.8 Å². The van der Waals surface area contributed by atoms with Crippen LogP contribution in [0.2, 0.25) is 45.8 Å². The van der Waals surface area contributed by atoms with Gasteiger partial charge in [0.05, 0.1) is 14.0 Å². The van der Waals surface area contributed by atoms with Crippen LogP contribution in [-0.2, 0) is 13.0 Å². The van der Waals surface area contributed by atoms with Gasteiger partial charge >= 0.3 is 8.56 Å². The second kappa shape index (κ2) is 9.87. The molecule has 0 aromatic heterocycles. The highest BCUT2D eigenvalue weighted by molar-refractivity contribution is 6.77. The molecule has 0 amide bonds. The van der Waals surface area contributed by atoms with Gasteiger partial charge in [-0.15, -0.1) is 0 Å². The average Bonchev–Trinajstić information content (AvgIpc) is 2.40. The zero-order valence-corrected chi connectivity index (χ0v) is 20.7. The van der Waals surface area contributed by atoms with Crippen molar-refractivity contribution in [2.45, 2.75) is 83.5 Å². The van der Waals surface area contributed by atoms with Gasteiger partial charge in [-0.1, -0.05) is 26.9 Å². The molecule has 22 heavy (non-hydrogen) atoms. The molecule has 134 valence electrons. The Hall–Kier alpha value is 0.708. The van der Waals surface area contributed by atoms with Crippen LogP contribution in [0.5, 0.6) is 0 Å². The molecule has 0 spiro atoms. The summed E-state index contributed by atoms with van der Waals surface area (Å²) >= 11 is 0. The SMILES string of the molecule is CCC(CC)(O[SiH](C)C)[Si](C)(OC(CN)[SiH](C)C)O[SiH](C)C. The average molecular weight is 382 g/mol. The van der Waals surface area contributed by atoms with Gasteiger partial charge in [-0.3, -0.25) is 0 Å². The smallest absolute Gasteiger partial charge is 0.356 e. The molecule has 0 rings (SSSR count). The molecule has 0 aliphatic heterocycles. The topological polar surface area (TPSA) is 53.7 Å². The number of nitrogens with two attached hydrogens (primary N) is 1. The highest BCUT2D eigenvalue weighted by Gasteiger charge is 2.55. The summed E-state index contributed by atoms with van der Waals surface area (Å²) in [6.07, 6.45) is 1.91. The summed E-state index contributed by atoms with van der Waals surface area (Å²) in [6.45, 7) is 20.8. The van der Waals surface area contributed by atoms with Gasteiger partial charge in [0, 0.05) is 12.3 Å². The number of hydrogen-bond donors (Lipinski definition) is 1. The second-order valence-corrected chi connectivity index (χ2v) is 18.8. The summed E-state index contributed by atoms with van der Waals surface area (Å²) in [7, 11) is -5.86. The van der Waals surface area contributed by atoms with Crippen LogP contribution in [0.4, 0.5) is 0 Å². The maximum Gasteiger partial charge on any atom is 0.356 e. The van der Waals surface area contributed by atoms with Crippen LogP contribution in [0.1, 0.15) is 26.7 Å². The summed E-state index contributed by atoms with van der Waals surface area (Å²) in [4.78, 5) is 0. The Bertz CT molecular complexity index is 314. The Labute approximate surface area is 144 Å². The van der Waals surface area contributed by atoms with Gasteiger partial charge in [0.1, 0.15) is 0 Å². The van der Waals surface area contributed by atoms with Crippen LogP contribution in [0.25, 0.3) is 0 Å². The first-order valence-corrected chi connectivity index (χ1v) is 19.7. The van der Waals surface area contributed by atoms with Crippen LogP contribution in [0, 0.1) is 0 Å². The quantitative estimate of drug-likeness (QED) is 0.559. The fourth-order valence-electron chi connectivity index (χ4n) is 3.05. The van der Waals surface area contributed by atoms with E-state index in [-0.39, 0.29) is 11.0 Å². The fraction of sp³-hybridized carbons (Fsp3) is 1.00. The van der Waals surface area contributed by atoms with Crippen molar-refractivity contribution in [2.24, 2.45) is 5.73 Å². The van der Waals surface area contributed by atoms with Crippen LogP contribution >= 0.6 is 0 Å². The minimum Gasteiger partial charge on any atom is -0.437 e. The van der Waals surface area contributed by atoms with Crippen LogP contribution in [0.3, 0.4) is 0 Å². The van der Waals surface area contributed by atoms with Crippen molar-refractivity contribution in [3.63, 3.8) is 0 Å². The maximum absolute atomic E-state index is 6.69. The first kappa shape index (κ1) is 22.7. The van der Waals surface area contributed by atoms with Crippen LogP contribution < -0.4 is 5.73 Å². The third-order valence-corrected chi connectivity index (χ3v) is 14.5.